The summed E-state index contributed by atoms with van der Waals surface area (Å²) in [5, 5.41) is 5.78. The molecule has 0 fully saturated rings. The quantitative estimate of drug-likeness (QED) is 0.826. The van der Waals surface area contributed by atoms with E-state index in [1.54, 1.807) is 0 Å². The molecule has 0 saturated carbocycles. The van der Waals surface area contributed by atoms with Crippen molar-refractivity contribution >= 4 is 33.2 Å². The van der Waals surface area contributed by atoms with E-state index in [2.05, 4.69) is 33.4 Å². The van der Waals surface area contributed by atoms with Crippen molar-refractivity contribution in [1.29, 1.82) is 0 Å². The van der Waals surface area contributed by atoms with E-state index in [-0.39, 0.29) is 11.9 Å². The van der Waals surface area contributed by atoms with Crippen molar-refractivity contribution in [1.82, 2.24) is 5.32 Å². The largest absolute Gasteiger partial charge is 0.347 e. The van der Waals surface area contributed by atoms with Gasteiger partial charge in [0, 0.05) is 11.4 Å². The summed E-state index contributed by atoms with van der Waals surface area (Å²) in [5.41, 5.74) is 2.27. The van der Waals surface area contributed by atoms with Gasteiger partial charge in [-0.25, -0.2) is 0 Å². The summed E-state index contributed by atoms with van der Waals surface area (Å²) in [4.78, 5) is 13.0. The molecule has 0 saturated heterocycles. The molecule has 1 unspecified atom stereocenters. The van der Waals surface area contributed by atoms with Crippen LogP contribution in [-0.2, 0) is 6.42 Å². The van der Waals surface area contributed by atoms with Crippen LogP contribution in [0.5, 0.6) is 0 Å². The minimum atomic E-state index is 0.0212. The lowest BCUT2D eigenvalue weighted by Gasteiger charge is -2.16. The zero-order chi connectivity index (χ0) is 13.7. The van der Waals surface area contributed by atoms with Gasteiger partial charge in [-0.3, -0.25) is 4.79 Å². The number of carbonyl (C=O) groups excluding carboxylic acids is 1. The van der Waals surface area contributed by atoms with E-state index < -0.39 is 0 Å². The molecule has 0 bridgehead atoms. The highest BCUT2D eigenvalue weighted by Gasteiger charge is 2.15. The molecule has 0 spiro atoms. The molecule has 0 radical (unpaired) electrons. The normalized spacial score (nSPS) is 12.1. The van der Waals surface area contributed by atoms with Gasteiger partial charge >= 0.3 is 0 Å². The van der Waals surface area contributed by atoms with Crippen LogP contribution in [0.2, 0.25) is 0 Å². The zero-order valence-corrected chi connectivity index (χ0v) is 13.1. The molecule has 1 aromatic carbocycles. The van der Waals surface area contributed by atoms with Gasteiger partial charge in [0.15, 0.2) is 0 Å². The summed E-state index contributed by atoms with van der Waals surface area (Å²) >= 11 is 4.96. The van der Waals surface area contributed by atoms with Crippen molar-refractivity contribution in [3.8, 4) is 0 Å². The minimum Gasteiger partial charge on any atom is -0.347 e. The first-order chi connectivity index (χ1) is 9.20. The van der Waals surface area contributed by atoms with Gasteiger partial charge in [-0.2, -0.15) is 0 Å². The van der Waals surface area contributed by atoms with Gasteiger partial charge in [0.25, 0.3) is 5.91 Å². The van der Waals surface area contributed by atoms with Crippen LogP contribution in [0.4, 0.5) is 0 Å². The van der Waals surface area contributed by atoms with Gasteiger partial charge in [-0.15, -0.1) is 11.3 Å². The van der Waals surface area contributed by atoms with Crippen molar-refractivity contribution < 1.29 is 4.79 Å². The van der Waals surface area contributed by atoms with Crippen LogP contribution in [0, 0.1) is 6.92 Å². The fourth-order valence-corrected chi connectivity index (χ4v) is 3.12. The lowest BCUT2D eigenvalue weighted by atomic mass is 10.1. The Bertz CT molecular complexity index is 538. The summed E-state index contributed by atoms with van der Waals surface area (Å²) in [7, 11) is 0. The first kappa shape index (κ1) is 14.3. The van der Waals surface area contributed by atoms with Crippen LogP contribution in [0.1, 0.15) is 20.8 Å². The summed E-state index contributed by atoms with van der Waals surface area (Å²) in [6.07, 6.45) is 0.836. The maximum Gasteiger partial charge on any atom is 0.261 e. The first-order valence-corrected chi connectivity index (χ1v) is 8.15. The lowest BCUT2D eigenvalue weighted by Crippen LogP contribution is -2.37. The van der Waals surface area contributed by atoms with Crippen molar-refractivity contribution in [2.75, 3.05) is 5.33 Å². The van der Waals surface area contributed by atoms with Crippen LogP contribution in [-0.4, -0.2) is 17.3 Å². The van der Waals surface area contributed by atoms with Crippen molar-refractivity contribution in [2.45, 2.75) is 19.4 Å². The smallest absolute Gasteiger partial charge is 0.261 e. The minimum absolute atomic E-state index is 0.0212. The van der Waals surface area contributed by atoms with E-state index in [0.29, 0.717) is 0 Å². The van der Waals surface area contributed by atoms with E-state index >= 15 is 0 Å². The van der Waals surface area contributed by atoms with Gasteiger partial charge < -0.3 is 5.32 Å². The Morgan fingerprint density at radius 2 is 2.05 bits per heavy atom. The Morgan fingerprint density at radius 1 is 1.32 bits per heavy atom. The summed E-state index contributed by atoms with van der Waals surface area (Å²) < 4.78 is 0. The van der Waals surface area contributed by atoms with Crippen molar-refractivity contribution in [2.24, 2.45) is 0 Å². The predicted octanol–water partition coefficient (Wildman–Crippen LogP) is 3.79. The summed E-state index contributed by atoms with van der Waals surface area (Å²) in [5.74, 6) is 0.0212. The third kappa shape index (κ3) is 3.91. The summed E-state index contributed by atoms with van der Waals surface area (Å²) in [6.45, 7) is 1.96. The molecule has 0 aliphatic rings. The molecule has 2 rings (SSSR count). The maximum atomic E-state index is 12.2. The SMILES string of the molecule is Cc1ccsc1C(=O)NC(CBr)Cc1ccccc1. The van der Waals surface area contributed by atoms with Gasteiger partial charge in [-0.05, 0) is 35.9 Å². The number of benzene rings is 1. The first-order valence-electron chi connectivity index (χ1n) is 6.15. The number of thiophene rings is 1. The number of carbonyl (C=O) groups is 1. The van der Waals surface area contributed by atoms with Gasteiger partial charge in [0.2, 0.25) is 0 Å². The monoisotopic (exact) mass is 337 g/mol. The van der Waals surface area contributed by atoms with Crippen LogP contribution < -0.4 is 5.32 Å². The van der Waals surface area contributed by atoms with E-state index in [9.17, 15) is 4.79 Å². The van der Waals surface area contributed by atoms with E-state index in [4.69, 9.17) is 0 Å². The number of alkyl halides is 1. The number of hydrogen-bond donors (Lipinski definition) is 1. The second-order valence-electron chi connectivity index (χ2n) is 4.45. The molecule has 1 N–H and O–H groups in total. The van der Waals surface area contributed by atoms with Crippen molar-refractivity contribution in [3.05, 3.63) is 57.8 Å². The molecule has 1 amide bonds. The molecule has 0 aliphatic carbocycles. The second kappa shape index (κ2) is 6.87. The highest BCUT2D eigenvalue weighted by Crippen LogP contribution is 2.16. The van der Waals surface area contributed by atoms with Gasteiger partial charge in [0.05, 0.1) is 4.88 Å². The number of nitrogens with one attached hydrogen (secondary N) is 1. The zero-order valence-electron chi connectivity index (χ0n) is 10.7. The molecule has 100 valence electrons. The maximum absolute atomic E-state index is 12.2. The van der Waals surface area contributed by atoms with Crippen LogP contribution in [0.3, 0.4) is 0 Å². The molecule has 19 heavy (non-hydrogen) atoms. The fourth-order valence-electron chi connectivity index (χ4n) is 1.90. The molecule has 0 aliphatic heterocycles. The number of rotatable bonds is 5. The Balaban J connectivity index is 2.00. The lowest BCUT2D eigenvalue weighted by molar-refractivity contribution is 0.0944. The molecule has 4 heteroatoms. The predicted molar refractivity (Wildman–Crippen MR) is 84.3 cm³/mol. The highest BCUT2D eigenvalue weighted by molar-refractivity contribution is 9.09. The van der Waals surface area contributed by atoms with Crippen LogP contribution >= 0.6 is 27.3 Å². The number of aryl methyl sites for hydroxylation is 1. The number of halogens is 1. The molecular formula is C15H16BrNOS. The average molecular weight is 338 g/mol. The van der Waals surface area contributed by atoms with E-state index in [1.165, 1.54) is 16.9 Å². The van der Waals surface area contributed by atoms with Gasteiger partial charge in [0.1, 0.15) is 0 Å². The van der Waals surface area contributed by atoms with Crippen molar-refractivity contribution in [3.63, 3.8) is 0 Å². The highest BCUT2D eigenvalue weighted by atomic mass is 79.9. The van der Waals surface area contributed by atoms with Crippen LogP contribution in [0.25, 0.3) is 0 Å². The fraction of sp³-hybridized carbons (Fsp3) is 0.267. The Labute approximate surface area is 126 Å². The van der Waals surface area contributed by atoms with E-state index in [0.717, 1.165) is 22.2 Å². The molecular weight excluding hydrogens is 322 g/mol. The van der Waals surface area contributed by atoms with E-state index in [1.807, 2.05) is 36.6 Å². The third-order valence-electron chi connectivity index (χ3n) is 2.91. The topological polar surface area (TPSA) is 29.1 Å². The molecule has 1 heterocycles. The average Bonchev–Trinajstić information content (AvgIpc) is 2.85. The molecule has 2 nitrogen and oxygen atoms in total. The Kier molecular flexibility index (Phi) is 5.16. The summed E-state index contributed by atoms with van der Waals surface area (Å²) in [6, 6.07) is 12.3. The Morgan fingerprint density at radius 3 is 2.63 bits per heavy atom. The van der Waals surface area contributed by atoms with Gasteiger partial charge in [-0.1, -0.05) is 46.3 Å². The third-order valence-corrected chi connectivity index (χ3v) is 4.71. The standard InChI is InChI=1S/C15H16BrNOS/c1-11-7-8-19-14(11)15(18)17-13(10-16)9-12-5-3-2-4-6-12/h2-8,13H,9-10H2,1H3,(H,17,18). The molecule has 2 aromatic rings. The number of hydrogen-bond acceptors (Lipinski definition) is 2. The second-order valence-corrected chi connectivity index (χ2v) is 6.01. The molecule has 1 aromatic heterocycles. The Hall–Kier alpha value is -1.13. The number of amides is 1. The molecule has 1 atom stereocenters. The van der Waals surface area contributed by atoms with Crippen LogP contribution in [0.15, 0.2) is 41.8 Å².